The van der Waals surface area contributed by atoms with Crippen LogP contribution in [0.4, 0.5) is 4.79 Å². The Morgan fingerprint density at radius 1 is 1.43 bits per heavy atom. The fraction of sp³-hybridized carbons (Fsp3) is 0.889. The Morgan fingerprint density at radius 3 is 2.71 bits per heavy atom. The monoisotopic (exact) mass is 200 g/mol. The second-order valence-corrected chi connectivity index (χ2v) is 3.74. The second kappa shape index (κ2) is 4.14. The largest absolute Gasteiger partial charge is 0.443 e. The van der Waals surface area contributed by atoms with Gasteiger partial charge < -0.3 is 20.1 Å². The maximum atomic E-state index is 11.5. The Hall–Kier alpha value is -0.810. The molecule has 0 saturated carbocycles. The van der Waals surface area contributed by atoms with Crippen LogP contribution >= 0.6 is 0 Å². The summed E-state index contributed by atoms with van der Waals surface area (Å²) in [7, 11) is 0. The van der Waals surface area contributed by atoms with E-state index in [0.717, 1.165) is 26.1 Å². The second-order valence-electron chi connectivity index (χ2n) is 3.74. The normalized spacial score (nSPS) is 29.4. The number of carbonyl (C=O) groups excluding carboxylic acids is 1. The molecule has 1 amide bonds. The van der Waals surface area contributed by atoms with Gasteiger partial charge in [0.1, 0.15) is 6.10 Å². The predicted molar refractivity (Wildman–Crippen MR) is 49.9 cm³/mol. The van der Waals surface area contributed by atoms with Crippen LogP contribution in [-0.4, -0.2) is 49.4 Å². The number of rotatable bonds is 2. The quantitative estimate of drug-likeness (QED) is 0.678. The molecule has 5 heteroatoms. The summed E-state index contributed by atoms with van der Waals surface area (Å²) in [4.78, 5) is 13.2. The molecule has 1 atom stereocenters. The average Bonchev–Trinajstić information content (AvgIpc) is 2.61. The minimum Gasteiger partial charge on any atom is -0.443 e. The molecular weight excluding hydrogens is 184 g/mol. The van der Waals surface area contributed by atoms with Crippen LogP contribution in [0.1, 0.15) is 12.8 Å². The van der Waals surface area contributed by atoms with Gasteiger partial charge in [0, 0.05) is 25.8 Å². The summed E-state index contributed by atoms with van der Waals surface area (Å²) >= 11 is 0. The van der Waals surface area contributed by atoms with Crippen molar-refractivity contribution >= 4 is 6.09 Å². The van der Waals surface area contributed by atoms with E-state index in [1.165, 1.54) is 0 Å². The van der Waals surface area contributed by atoms with Gasteiger partial charge in [-0.2, -0.15) is 0 Å². The smallest absolute Gasteiger partial charge is 0.410 e. The first kappa shape index (κ1) is 9.73. The van der Waals surface area contributed by atoms with Gasteiger partial charge in [-0.15, -0.1) is 0 Å². The van der Waals surface area contributed by atoms with Crippen molar-refractivity contribution in [3.63, 3.8) is 0 Å². The van der Waals surface area contributed by atoms with Gasteiger partial charge in [0.15, 0.2) is 0 Å². The summed E-state index contributed by atoms with van der Waals surface area (Å²) in [5.41, 5.74) is 5.46. The van der Waals surface area contributed by atoms with Crippen LogP contribution in [0.15, 0.2) is 0 Å². The van der Waals surface area contributed by atoms with Gasteiger partial charge in [-0.05, 0) is 12.8 Å². The van der Waals surface area contributed by atoms with Crippen molar-refractivity contribution in [2.75, 3.05) is 26.3 Å². The van der Waals surface area contributed by atoms with E-state index >= 15 is 0 Å². The molecule has 0 aliphatic carbocycles. The predicted octanol–water partition coefficient (Wildman–Crippen LogP) is -0.0551. The van der Waals surface area contributed by atoms with Crippen molar-refractivity contribution in [1.82, 2.24) is 4.90 Å². The lowest BCUT2D eigenvalue weighted by molar-refractivity contribution is 0.0487. The minimum atomic E-state index is -0.215. The number of nitrogens with two attached hydrogens (primary N) is 1. The van der Waals surface area contributed by atoms with Crippen molar-refractivity contribution in [2.24, 2.45) is 5.73 Å². The van der Waals surface area contributed by atoms with Gasteiger partial charge in [0.25, 0.3) is 0 Å². The van der Waals surface area contributed by atoms with Gasteiger partial charge in [0.05, 0.1) is 6.54 Å². The first-order chi connectivity index (χ1) is 6.81. The van der Waals surface area contributed by atoms with Crippen LogP contribution in [0.5, 0.6) is 0 Å². The van der Waals surface area contributed by atoms with E-state index in [0.29, 0.717) is 13.1 Å². The Kier molecular flexibility index (Phi) is 2.88. The number of carbonyl (C=O) groups is 1. The molecule has 80 valence electrons. The lowest BCUT2D eigenvalue weighted by Gasteiger charge is -2.28. The lowest BCUT2D eigenvalue weighted by Crippen LogP contribution is -2.40. The third-order valence-electron chi connectivity index (χ3n) is 2.80. The molecule has 14 heavy (non-hydrogen) atoms. The average molecular weight is 200 g/mol. The summed E-state index contributed by atoms with van der Waals surface area (Å²) < 4.78 is 10.3. The van der Waals surface area contributed by atoms with E-state index < -0.39 is 0 Å². The highest BCUT2D eigenvalue weighted by atomic mass is 16.6. The fourth-order valence-electron chi connectivity index (χ4n) is 1.96. The SMILES string of the molecule is NC[C@H]1CN(C2CCOCC2)C(=O)O1. The molecule has 2 N–H and O–H groups in total. The van der Waals surface area contributed by atoms with Crippen LogP contribution < -0.4 is 5.73 Å². The molecule has 2 rings (SSSR count). The Balaban J connectivity index is 1.93. The van der Waals surface area contributed by atoms with Gasteiger partial charge in [-0.25, -0.2) is 4.79 Å². The first-order valence-corrected chi connectivity index (χ1v) is 5.06. The minimum absolute atomic E-state index is 0.120. The van der Waals surface area contributed by atoms with E-state index in [-0.39, 0.29) is 18.2 Å². The van der Waals surface area contributed by atoms with E-state index in [1.807, 2.05) is 0 Å². The molecule has 0 aromatic heterocycles. The highest BCUT2D eigenvalue weighted by Crippen LogP contribution is 2.20. The van der Waals surface area contributed by atoms with Gasteiger partial charge in [-0.3, -0.25) is 0 Å². The standard InChI is InChI=1S/C9H16N2O3/c10-5-8-6-11(9(12)14-8)7-1-3-13-4-2-7/h7-8H,1-6,10H2/t8-/m0/s1. The zero-order valence-corrected chi connectivity index (χ0v) is 8.15. The van der Waals surface area contributed by atoms with Crippen LogP contribution in [0.2, 0.25) is 0 Å². The molecule has 2 aliphatic heterocycles. The van der Waals surface area contributed by atoms with Gasteiger partial charge in [0.2, 0.25) is 0 Å². The molecule has 0 radical (unpaired) electrons. The Labute approximate surface area is 83.1 Å². The summed E-state index contributed by atoms with van der Waals surface area (Å²) in [5.74, 6) is 0. The molecule has 2 saturated heterocycles. The summed E-state index contributed by atoms with van der Waals surface area (Å²) in [5, 5.41) is 0. The van der Waals surface area contributed by atoms with Crippen molar-refractivity contribution in [3.05, 3.63) is 0 Å². The first-order valence-electron chi connectivity index (χ1n) is 5.06. The molecule has 2 heterocycles. The molecular formula is C9H16N2O3. The highest BCUT2D eigenvalue weighted by molar-refractivity contribution is 5.70. The Morgan fingerprint density at radius 2 is 2.14 bits per heavy atom. The molecule has 2 aliphatic rings. The molecule has 0 aromatic carbocycles. The third-order valence-corrected chi connectivity index (χ3v) is 2.80. The molecule has 5 nitrogen and oxygen atoms in total. The number of nitrogens with zero attached hydrogens (tertiary/aromatic N) is 1. The van der Waals surface area contributed by atoms with Gasteiger partial charge in [-0.1, -0.05) is 0 Å². The highest BCUT2D eigenvalue weighted by Gasteiger charge is 2.35. The van der Waals surface area contributed by atoms with E-state index in [9.17, 15) is 4.79 Å². The lowest BCUT2D eigenvalue weighted by atomic mass is 10.1. The molecule has 0 unspecified atom stereocenters. The van der Waals surface area contributed by atoms with Crippen LogP contribution in [0.25, 0.3) is 0 Å². The van der Waals surface area contributed by atoms with Crippen molar-refractivity contribution in [3.8, 4) is 0 Å². The molecule has 0 spiro atoms. The van der Waals surface area contributed by atoms with E-state index in [2.05, 4.69) is 0 Å². The maximum Gasteiger partial charge on any atom is 0.410 e. The summed E-state index contributed by atoms with van der Waals surface area (Å²) in [6, 6.07) is 0.285. The number of hydrogen-bond donors (Lipinski definition) is 1. The topological polar surface area (TPSA) is 64.8 Å². The fourth-order valence-corrected chi connectivity index (χ4v) is 1.96. The maximum absolute atomic E-state index is 11.5. The molecule has 0 aromatic rings. The van der Waals surface area contributed by atoms with Crippen LogP contribution in [0, 0.1) is 0 Å². The zero-order chi connectivity index (χ0) is 9.97. The Bertz CT molecular complexity index is 216. The van der Waals surface area contributed by atoms with Crippen molar-refractivity contribution in [1.29, 1.82) is 0 Å². The number of cyclic esters (lactones) is 1. The van der Waals surface area contributed by atoms with E-state index in [4.69, 9.17) is 15.2 Å². The number of hydrogen-bond acceptors (Lipinski definition) is 4. The van der Waals surface area contributed by atoms with Crippen LogP contribution in [-0.2, 0) is 9.47 Å². The number of amides is 1. The molecule has 2 fully saturated rings. The molecule has 0 bridgehead atoms. The summed E-state index contributed by atoms with van der Waals surface area (Å²) in [6.45, 7) is 2.52. The van der Waals surface area contributed by atoms with E-state index in [1.54, 1.807) is 4.90 Å². The zero-order valence-electron chi connectivity index (χ0n) is 8.15. The van der Waals surface area contributed by atoms with Crippen molar-refractivity contribution in [2.45, 2.75) is 25.0 Å². The van der Waals surface area contributed by atoms with Crippen LogP contribution in [0.3, 0.4) is 0 Å². The van der Waals surface area contributed by atoms with Gasteiger partial charge >= 0.3 is 6.09 Å². The van der Waals surface area contributed by atoms with Crippen molar-refractivity contribution < 1.29 is 14.3 Å². The number of ether oxygens (including phenoxy) is 2. The third kappa shape index (κ3) is 1.83. The summed E-state index contributed by atoms with van der Waals surface area (Å²) in [6.07, 6.45) is 1.48.